The van der Waals surface area contributed by atoms with E-state index in [4.69, 9.17) is 4.74 Å². The molecule has 4 nitrogen and oxygen atoms in total. The summed E-state index contributed by atoms with van der Waals surface area (Å²) in [7, 11) is 1.70. The number of carbonyl (C=O) groups is 1. The van der Waals surface area contributed by atoms with Gasteiger partial charge in [-0.15, -0.1) is 0 Å². The van der Waals surface area contributed by atoms with Crippen molar-refractivity contribution in [3.8, 4) is 0 Å². The lowest BCUT2D eigenvalue weighted by atomic mass is 10.2. The summed E-state index contributed by atoms with van der Waals surface area (Å²) in [5.41, 5.74) is 2.20. The van der Waals surface area contributed by atoms with Gasteiger partial charge in [0.05, 0.1) is 12.2 Å². The smallest absolute Gasteiger partial charge is 0.339 e. The highest BCUT2D eigenvalue weighted by molar-refractivity contribution is 5.89. The minimum absolute atomic E-state index is 0.330. The molecule has 1 heterocycles. The van der Waals surface area contributed by atoms with Crippen LogP contribution in [0.15, 0.2) is 23.8 Å². The monoisotopic (exact) mass is 250 g/mol. The number of hydrogen-bond donors (Lipinski definition) is 0. The molecule has 0 aliphatic heterocycles. The fourth-order valence-electron chi connectivity index (χ4n) is 1.51. The lowest BCUT2D eigenvalue weighted by Crippen LogP contribution is -2.21. The normalized spacial score (nSPS) is 10.4. The van der Waals surface area contributed by atoms with Crippen LogP contribution in [0.2, 0.25) is 0 Å². The molecule has 0 fully saturated rings. The second-order valence-electron chi connectivity index (χ2n) is 3.27. The van der Waals surface area contributed by atoms with Crippen LogP contribution in [0, 0.1) is 6.92 Å². The molecular formula is C14H22N2O2. The van der Waals surface area contributed by atoms with Gasteiger partial charge in [0, 0.05) is 19.4 Å². The van der Waals surface area contributed by atoms with Gasteiger partial charge in [-0.2, -0.15) is 0 Å². The van der Waals surface area contributed by atoms with Crippen molar-refractivity contribution in [3.05, 3.63) is 35.5 Å². The van der Waals surface area contributed by atoms with Crippen LogP contribution in [0.3, 0.4) is 0 Å². The second-order valence-corrected chi connectivity index (χ2v) is 3.27. The number of pyridine rings is 1. The zero-order chi connectivity index (χ0) is 14.1. The third-order valence-corrected chi connectivity index (χ3v) is 2.17. The first-order valence-corrected chi connectivity index (χ1v) is 6.09. The van der Waals surface area contributed by atoms with Gasteiger partial charge in [-0.1, -0.05) is 20.4 Å². The van der Waals surface area contributed by atoms with E-state index in [-0.39, 0.29) is 5.97 Å². The van der Waals surface area contributed by atoms with Crippen molar-refractivity contribution in [1.29, 1.82) is 0 Å². The number of esters is 1. The molecule has 1 aromatic rings. The molecular weight excluding hydrogens is 228 g/mol. The zero-order valence-corrected chi connectivity index (χ0v) is 11.9. The Morgan fingerprint density at radius 3 is 2.61 bits per heavy atom. The largest absolute Gasteiger partial charge is 0.462 e. The minimum Gasteiger partial charge on any atom is -0.462 e. The summed E-state index contributed by atoms with van der Waals surface area (Å²) in [5, 5.41) is 0. The van der Waals surface area contributed by atoms with Crippen LogP contribution in [0.4, 0.5) is 0 Å². The fourth-order valence-corrected chi connectivity index (χ4v) is 1.51. The van der Waals surface area contributed by atoms with Crippen LogP contribution < -0.4 is 5.49 Å². The van der Waals surface area contributed by atoms with E-state index in [0.29, 0.717) is 12.2 Å². The van der Waals surface area contributed by atoms with E-state index in [1.807, 2.05) is 20.8 Å². The van der Waals surface area contributed by atoms with Crippen LogP contribution in [-0.4, -0.2) is 24.2 Å². The van der Waals surface area contributed by atoms with Crippen LogP contribution in [-0.2, 0) is 4.74 Å². The molecule has 0 saturated heterocycles. The number of rotatable bonds is 3. The molecule has 18 heavy (non-hydrogen) atoms. The van der Waals surface area contributed by atoms with Gasteiger partial charge in [-0.25, -0.2) is 4.79 Å². The molecule has 0 aliphatic carbocycles. The van der Waals surface area contributed by atoms with Crippen LogP contribution in [0.25, 0.3) is 6.20 Å². The average Bonchev–Trinajstić information content (AvgIpc) is 2.40. The summed E-state index contributed by atoms with van der Waals surface area (Å²) >= 11 is 0. The molecule has 0 unspecified atom stereocenters. The van der Waals surface area contributed by atoms with Crippen molar-refractivity contribution < 1.29 is 9.53 Å². The zero-order valence-electron chi connectivity index (χ0n) is 11.9. The van der Waals surface area contributed by atoms with E-state index in [1.165, 1.54) is 0 Å². The maximum atomic E-state index is 11.6. The summed E-state index contributed by atoms with van der Waals surface area (Å²) in [6.07, 6.45) is 3.28. The molecule has 4 heteroatoms. The summed E-state index contributed by atoms with van der Waals surface area (Å²) < 4.78 is 6.65. The van der Waals surface area contributed by atoms with Gasteiger partial charge in [0.25, 0.3) is 0 Å². The highest BCUT2D eigenvalue weighted by Crippen LogP contribution is 2.03. The highest BCUT2D eigenvalue weighted by atomic mass is 16.5. The molecule has 0 bridgehead atoms. The van der Waals surface area contributed by atoms with Crippen molar-refractivity contribution >= 4 is 12.2 Å². The number of ether oxygens (including phenoxy) is 1. The molecule has 0 amide bonds. The maximum absolute atomic E-state index is 11.6. The molecule has 1 aromatic heterocycles. The van der Waals surface area contributed by atoms with Crippen molar-refractivity contribution in [1.82, 2.24) is 4.57 Å². The second kappa shape index (κ2) is 8.28. The SMILES string of the molecule is C=Cn1cc(C(=O)OCC)cc(C)c1=NC.CC. The van der Waals surface area contributed by atoms with E-state index in [1.54, 1.807) is 37.0 Å². The van der Waals surface area contributed by atoms with Gasteiger partial charge in [0.2, 0.25) is 0 Å². The first-order valence-electron chi connectivity index (χ1n) is 6.09. The number of nitrogens with zero attached hydrogens (tertiary/aromatic N) is 2. The Bertz CT molecular complexity index is 473. The van der Waals surface area contributed by atoms with Gasteiger partial charge in [-0.3, -0.25) is 4.99 Å². The quantitative estimate of drug-likeness (QED) is 0.774. The predicted octanol–water partition coefficient (Wildman–Crippen LogP) is 2.63. The predicted molar refractivity (Wildman–Crippen MR) is 74.3 cm³/mol. The van der Waals surface area contributed by atoms with Gasteiger partial charge in [-0.05, 0) is 25.5 Å². The lowest BCUT2D eigenvalue weighted by Gasteiger charge is -2.07. The van der Waals surface area contributed by atoms with Crippen LogP contribution in [0.1, 0.15) is 36.7 Å². The number of carbonyl (C=O) groups excluding carboxylic acids is 1. The van der Waals surface area contributed by atoms with Gasteiger partial charge in [0.1, 0.15) is 5.49 Å². The Morgan fingerprint density at radius 1 is 1.56 bits per heavy atom. The van der Waals surface area contributed by atoms with Crippen molar-refractivity contribution in [2.24, 2.45) is 4.99 Å². The third-order valence-electron chi connectivity index (χ3n) is 2.17. The van der Waals surface area contributed by atoms with Crippen molar-refractivity contribution in [2.75, 3.05) is 13.7 Å². The number of aryl methyl sites for hydroxylation is 1. The van der Waals surface area contributed by atoms with E-state index < -0.39 is 0 Å². The Balaban J connectivity index is 0.00000137. The number of hydrogen-bond acceptors (Lipinski definition) is 3. The molecule has 0 spiro atoms. The van der Waals surface area contributed by atoms with Crippen LogP contribution >= 0.6 is 0 Å². The molecule has 0 aliphatic rings. The highest BCUT2D eigenvalue weighted by Gasteiger charge is 2.08. The molecule has 0 saturated carbocycles. The summed E-state index contributed by atoms with van der Waals surface area (Å²) in [6, 6.07) is 1.76. The summed E-state index contributed by atoms with van der Waals surface area (Å²) in [6.45, 7) is 11.7. The third kappa shape index (κ3) is 3.87. The summed E-state index contributed by atoms with van der Waals surface area (Å²) in [5.74, 6) is -0.330. The molecule has 1 rings (SSSR count). The van der Waals surface area contributed by atoms with Gasteiger partial charge < -0.3 is 9.30 Å². The standard InChI is InChI=1S/C12H16N2O2.C2H6/c1-5-14-8-10(12(15)16-6-2)7-9(3)11(14)13-4;1-2/h5,7-8H,1,6H2,2-4H3;1-2H3. The van der Waals surface area contributed by atoms with Gasteiger partial charge in [0.15, 0.2) is 0 Å². The summed E-state index contributed by atoms with van der Waals surface area (Å²) in [4.78, 5) is 15.7. The van der Waals surface area contributed by atoms with E-state index >= 15 is 0 Å². The lowest BCUT2D eigenvalue weighted by molar-refractivity contribution is 0.0525. The van der Waals surface area contributed by atoms with Crippen molar-refractivity contribution in [2.45, 2.75) is 27.7 Å². The average molecular weight is 250 g/mol. The Kier molecular flexibility index (Phi) is 7.43. The van der Waals surface area contributed by atoms with Crippen molar-refractivity contribution in [3.63, 3.8) is 0 Å². The van der Waals surface area contributed by atoms with Gasteiger partial charge >= 0.3 is 5.97 Å². The fraction of sp³-hybridized carbons (Fsp3) is 0.429. The molecule has 0 radical (unpaired) electrons. The Hall–Kier alpha value is -1.84. The maximum Gasteiger partial charge on any atom is 0.339 e. The van der Waals surface area contributed by atoms with Crippen LogP contribution in [0.5, 0.6) is 0 Å². The molecule has 0 aromatic carbocycles. The Morgan fingerprint density at radius 2 is 2.17 bits per heavy atom. The molecule has 0 atom stereocenters. The van der Waals surface area contributed by atoms with E-state index in [0.717, 1.165) is 11.1 Å². The first-order chi connectivity index (χ1) is 8.63. The first kappa shape index (κ1) is 16.2. The molecule has 0 N–H and O–H groups in total. The molecule has 100 valence electrons. The van der Waals surface area contributed by atoms with E-state index in [9.17, 15) is 4.79 Å². The Labute approximate surface area is 109 Å². The van der Waals surface area contributed by atoms with E-state index in [2.05, 4.69) is 11.6 Å². The minimum atomic E-state index is -0.330. The number of aromatic nitrogens is 1. The topological polar surface area (TPSA) is 43.6 Å².